The van der Waals surface area contributed by atoms with Crippen LogP contribution >= 0.6 is 0 Å². The van der Waals surface area contributed by atoms with Crippen molar-refractivity contribution in [2.45, 2.75) is 46.3 Å². The van der Waals surface area contributed by atoms with Gasteiger partial charge in [-0.3, -0.25) is 13.9 Å². The zero-order valence-corrected chi connectivity index (χ0v) is 13.2. The lowest BCUT2D eigenvalue weighted by molar-refractivity contribution is 0.164. The molecule has 0 saturated heterocycles. The van der Waals surface area contributed by atoms with Gasteiger partial charge in [-0.1, -0.05) is 20.8 Å². The number of rotatable bonds is 7. The van der Waals surface area contributed by atoms with E-state index in [1.54, 1.807) is 0 Å². The first-order valence-electron chi connectivity index (χ1n) is 7.30. The maximum atomic E-state index is 12.1. The van der Waals surface area contributed by atoms with E-state index in [0.29, 0.717) is 25.9 Å². The van der Waals surface area contributed by atoms with E-state index in [9.17, 15) is 14.7 Å². The van der Waals surface area contributed by atoms with Crippen LogP contribution < -0.4 is 22.3 Å². The molecule has 0 aliphatic carbocycles. The fourth-order valence-electron chi connectivity index (χ4n) is 2.06. The monoisotopic (exact) mass is 298 g/mol. The summed E-state index contributed by atoms with van der Waals surface area (Å²) >= 11 is 0. The SMILES string of the molecule is CCC(O)CCNc1c(N)n(CC(C)C)c(=O)n(C)c1=O. The lowest BCUT2D eigenvalue weighted by Crippen LogP contribution is -2.41. The average molecular weight is 298 g/mol. The second-order valence-corrected chi connectivity index (χ2v) is 5.69. The number of nitrogens with two attached hydrogens (primary N) is 1. The van der Waals surface area contributed by atoms with E-state index in [4.69, 9.17) is 5.73 Å². The molecule has 0 amide bonds. The van der Waals surface area contributed by atoms with E-state index in [0.717, 1.165) is 4.57 Å². The van der Waals surface area contributed by atoms with Crippen molar-refractivity contribution in [3.05, 3.63) is 20.8 Å². The molecule has 1 heterocycles. The number of aliphatic hydroxyl groups is 1. The molecule has 1 aromatic heterocycles. The predicted molar refractivity (Wildman–Crippen MR) is 84.6 cm³/mol. The molecule has 4 N–H and O–H groups in total. The molecular formula is C14H26N4O3. The Morgan fingerprint density at radius 2 is 1.95 bits per heavy atom. The molecule has 0 aliphatic rings. The highest BCUT2D eigenvalue weighted by atomic mass is 16.3. The Labute approximate surface area is 124 Å². The summed E-state index contributed by atoms with van der Waals surface area (Å²) in [5.41, 5.74) is 5.35. The number of anilines is 2. The summed E-state index contributed by atoms with van der Waals surface area (Å²) in [6, 6.07) is 0. The molecule has 0 spiro atoms. The normalized spacial score (nSPS) is 12.7. The molecule has 7 heteroatoms. The molecule has 0 fully saturated rings. The smallest absolute Gasteiger partial charge is 0.332 e. The van der Waals surface area contributed by atoms with Crippen molar-refractivity contribution in [3.8, 4) is 0 Å². The largest absolute Gasteiger partial charge is 0.393 e. The van der Waals surface area contributed by atoms with Crippen molar-refractivity contribution in [3.63, 3.8) is 0 Å². The Balaban J connectivity index is 3.11. The number of hydrogen-bond acceptors (Lipinski definition) is 5. The number of nitrogen functional groups attached to an aromatic ring is 1. The topological polar surface area (TPSA) is 102 Å². The lowest BCUT2D eigenvalue weighted by Gasteiger charge is -2.17. The van der Waals surface area contributed by atoms with Gasteiger partial charge in [-0.15, -0.1) is 0 Å². The third-order valence-corrected chi connectivity index (χ3v) is 3.38. The summed E-state index contributed by atoms with van der Waals surface area (Å²) < 4.78 is 2.46. The Morgan fingerprint density at radius 3 is 2.48 bits per heavy atom. The van der Waals surface area contributed by atoms with Crippen LogP contribution in [0.4, 0.5) is 11.5 Å². The van der Waals surface area contributed by atoms with Gasteiger partial charge >= 0.3 is 5.69 Å². The van der Waals surface area contributed by atoms with Crippen LogP contribution in [0, 0.1) is 5.92 Å². The van der Waals surface area contributed by atoms with Gasteiger partial charge in [0.15, 0.2) is 0 Å². The van der Waals surface area contributed by atoms with Gasteiger partial charge in [0.05, 0.1) is 6.10 Å². The Kier molecular flexibility index (Phi) is 6.02. The van der Waals surface area contributed by atoms with E-state index in [1.807, 2.05) is 20.8 Å². The quantitative estimate of drug-likeness (QED) is 0.674. The first-order chi connectivity index (χ1) is 9.79. The van der Waals surface area contributed by atoms with Gasteiger partial charge in [-0.05, 0) is 18.8 Å². The minimum atomic E-state index is -0.441. The van der Waals surface area contributed by atoms with E-state index in [-0.39, 0.29) is 17.4 Å². The van der Waals surface area contributed by atoms with Crippen LogP contribution in [0.2, 0.25) is 0 Å². The summed E-state index contributed by atoms with van der Waals surface area (Å²) in [5, 5.41) is 12.5. The second-order valence-electron chi connectivity index (χ2n) is 5.69. The number of nitrogens with zero attached hydrogens (tertiary/aromatic N) is 2. The highest BCUT2D eigenvalue weighted by molar-refractivity contribution is 5.60. The molecule has 1 rings (SSSR count). The van der Waals surface area contributed by atoms with Crippen LogP contribution in [0.25, 0.3) is 0 Å². The molecular weight excluding hydrogens is 272 g/mol. The Hall–Kier alpha value is -1.76. The number of nitrogens with one attached hydrogen (secondary N) is 1. The summed E-state index contributed by atoms with van der Waals surface area (Å²) in [6.07, 6.45) is 0.758. The Morgan fingerprint density at radius 1 is 1.33 bits per heavy atom. The molecule has 7 nitrogen and oxygen atoms in total. The van der Waals surface area contributed by atoms with Crippen molar-refractivity contribution in [2.24, 2.45) is 13.0 Å². The van der Waals surface area contributed by atoms with E-state index in [1.165, 1.54) is 11.6 Å². The highest BCUT2D eigenvalue weighted by Gasteiger charge is 2.15. The summed E-state index contributed by atoms with van der Waals surface area (Å²) in [7, 11) is 1.44. The summed E-state index contributed by atoms with van der Waals surface area (Å²) in [4.78, 5) is 24.2. The first kappa shape index (κ1) is 17.3. The van der Waals surface area contributed by atoms with E-state index >= 15 is 0 Å². The highest BCUT2D eigenvalue weighted by Crippen LogP contribution is 2.12. The lowest BCUT2D eigenvalue weighted by atomic mass is 10.2. The van der Waals surface area contributed by atoms with Crippen LogP contribution in [0.5, 0.6) is 0 Å². The molecule has 1 aromatic rings. The van der Waals surface area contributed by atoms with Gasteiger partial charge in [0.1, 0.15) is 11.5 Å². The van der Waals surface area contributed by atoms with Gasteiger partial charge in [0.25, 0.3) is 5.56 Å². The van der Waals surface area contributed by atoms with Crippen LogP contribution in [-0.2, 0) is 13.6 Å². The second kappa shape index (κ2) is 7.31. The third-order valence-electron chi connectivity index (χ3n) is 3.38. The molecule has 1 unspecified atom stereocenters. The van der Waals surface area contributed by atoms with Gasteiger partial charge in [-0.2, -0.15) is 0 Å². The van der Waals surface area contributed by atoms with Crippen molar-refractivity contribution >= 4 is 11.5 Å². The van der Waals surface area contributed by atoms with E-state index in [2.05, 4.69) is 5.32 Å². The van der Waals surface area contributed by atoms with Crippen LogP contribution in [0.1, 0.15) is 33.6 Å². The average Bonchev–Trinajstić information content (AvgIpc) is 2.44. The van der Waals surface area contributed by atoms with Crippen molar-refractivity contribution in [1.82, 2.24) is 9.13 Å². The maximum Gasteiger partial charge on any atom is 0.332 e. The minimum Gasteiger partial charge on any atom is -0.393 e. The molecule has 120 valence electrons. The fourth-order valence-corrected chi connectivity index (χ4v) is 2.06. The van der Waals surface area contributed by atoms with Gasteiger partial charge < -0.3 is 16.2 Å². The number of aromatic nitrogens is 2. The fraction of sp³-hybridized carbons (Fsp3) is 0.714. The maximum absolute atomic E-state index is 12.1. The number of aliphatic hydroxyl groups excluding tert-OH is 1. The molecule has 0 aromatic carbocycles. The first-order valence-corrected chi connectivity index (χ1v) is 7.30. The van der Waals surface area contributed by atoms with Crippen molar-refractivity contribution < 1.29 is 5.11 Å². The predicted octanol–water partition coefficient (Wildman–Crippen LogP) is 0.358. The molecule has 0 saturated carbocycles. The van der Waals surface area contributed by atoms with Gasteiger partial charge in [0.2, 0.25) is 0 Å². The van der Waals surface area contributed by atoms with Gasteiger partial charge in [-0.25, -0.2) is 4.79 Å². The van der Waals surface area contributed by atoms with Crippen LogP contribution in [0.3, 0.4) is 0 Å². The molecule has 1 atom stereocenters. The Bertz CT molecular complexity index is 589. The summed E-state index contributed by atoms with van der Waals surface area (Å²) in [5.74, 6) is 0.389. The third kappa shape index (κ3) is 4.10. The van der Waals surface area contributed by atoms with Crippen LogP contribution in [-0.4, -0.2) is 26.9 Å². The van der Waals surface area contributed by atoms with Crippen molar-refractivity contribution in [1.29, 1.82) is 0 Å². The zero-order chi connectivity index (χ0) is 16.2. The standard InChI is InChI=1S/C14H26N4O3/c1-5-10(19)6-7-16-11-12(15)18(8-9(2)3)14(21)17(4)13(11)20/h9-10,16,19H,5-8,15H2,1-4H3. The van der Waals surface area contributed by atoms with E-state index < -0.39 is 17.4 Å². The summed E-state index contributed by atoms with van der Waals surface area (Å²) in [6.45, 7) is 6.71. The number of hydrogen-bond donors (Lipinski definition) is 3. The minimum absolute atomic E-state index is 0.155. The molecule has 21 heavy (non-hydrogen) atoms. The molecule has 0 bridgehead atoms. The van der Waals surface area contributed by atoms with Gasteiger partial charge in [0, 0.05) is 20.1 Å². The van der Waals surface area contributed by atoms with Crippen molar-refractivity contribution in [2.75, 3.05) is 17.6 Å². The van der Waals surface area contributed by atoms with Crippen LogP contribution in [0.15, 0.2) is 9.59 Å². The molecule has 0 aliphatic heterocycles. The molecule has 0 radical (unpaired) electrons. The zero-order valence-electron chi connectivity index (χ0n) is 13.2.